The van der Waals surface area contributed by atoms with Crippen molar-refractivity contribution >= 4 is 8.32 Å². The van der Waals surface area contributed by atoms with Crippen molar-refractivity contribution in [2.45, 2.75) is 77.4 Å². The Morgan fingerprint density at radius 2 is 1.68 bits per heavy atom. The lowest BCUT2D eigenvalue weighted by atomic mass is 9.52. The zero-order valence-electron chi connectivity index (χ0n) is 20.3. The monoisotopic (exact) mass is 436 g/mol. The van der Waals surface area contributed by atoms with Gasteiger partial charge in [-0.25, -0.2) is 0 Å². The van der Waals surface area contributed by atoms with Crippen LogP contribution in [-0.4, -0.2) is 15.4 Å². The number of hydrogen-bond donors (Lipinski definition) is 0. The fraction of sp³-hybridized carbons (Fsp3) is 0.643. The molecule has 0 unspecified atom stereocenters. The van der Waals surface area contributed by atoms with Gasteiger partial charge in [0.2, 0.25) is 8.32 Å². The van der Waals surface area contributed by atoms with Crippen LogP contribution in [0.15, 0.2) is 48.3 Å². The Morgan fingerprint density at radius 3 is 2.35 bits per heavy atom. The van der Waals surface area contributed by atoms with E-state index in [0.29, 0.717) is 23.2 Å². The molecule has 4 aliphatic carbocycles. The van der Waals surface area contributed by atoms with Gasteiger partial charge >= 0.3 is 0 Å². The Kier molecular flexibility index (Phi) is 4.83. The third-order valence-corrected chi connectivity index (χ3v) is 10.2. The Hall–Kier alpha value is -1.48. The van der Waals surface area contributed by atoms with Gasteiger partial charge in [0.15, 0.2) is 0 Å². The Labute approximate surface area is 190 Å². The van der Waals surface area contributed by atoms with E-state index < -0.39 is 8.32 Å². The van der Waals surface area contributed by atoms with Gasteiger partial charge in [-0.15, -0.1) is 0 Å². The molecule has 2 nitrogen and oxygen atoms in total. The molecule has 1 aromatic rings. The van der Waals surface area contributed by atoms with Gasteiger partial charge < -0.3 is 9.16 Å². The van der Waals surface area contributed by atoms with Crippen LogP contribution in [0.1, 0.15) is 57.9 Å². The molecule has 3 heteroatoms. The average molecular weight is 437 g/mol. The number of hydrogen-bond acceptors (Lipinski definition) is 2. The fourth-order valence-corrected chi connectivity index (χ4v) is 9.08. The van der Waals surface area contributed by atoms with Crippen LogP contribution >= 0.6 is 0 Å². The second kappa shape index (κ2) is 7.01. The van der Waals surface area contributed by atoms with Crippen LogP contribution in [0.5, 0.6) is 5.75 Å². The number of methoxy groups -OCH3 is 1. The number of allylic oxidation sites excluding steroid dienone is 4. The van der Waals surface area contributed by atoms with Crippen LogP contribution in [0.2, 0.25) is 19.6 Å². The second-order valence-electron chi connectivity index (χ2n) is 11.9. The molecule has 0 spiro atoms. The molecule has 0 saturated heterocycles. The first kappa shape index (κ1) is 21.4. The second-order valence-corrected chi connectivity index (χ2v) is 16.4. The SMILES string of the molecule is COc1ccc([C@@]23C=C[C@]4(CCCC[C@]42C)[C@H]2CC[C@@H](C)C=C(O[Si](C)(C)C)[C@H]23)cc1. The summed E-state index contributed by atoms with van der Waals surface area (Å²) in [6.07, 6.45) is 15.8. The molecule has 2 bridgehead atoms. The molecular formula is C28H40O2Si. The van der Waals surface area contributed by atoms with Gasteiger partial charge in [0.1, 0.15) is 5.75 Å². The molecule has 168 valence electrons. The molecule has 0 aromatic heterocycles. The summed E-state index contributed by atoms with van der Waals surface area (Å²) < 4.78 is 12.5. The van der Waals surface area contributed by atoms with Crippen LogP contribution in [-0.2, 0) is 9.84 Å². The molecule has 4 aliphatic rings. The zero-order valence-corrected chi connectivity index (χ0v) is 21.3. The quantitative estimate of drug-likeness (QED) is 0.360. The first-order valence-corrected chi connectivity index (χ1v) is 15.8. The Morgan fingerprint density at radius 1 is 0.968 bits per heavy atom. The normalized spacial score (nSPS) is 41.2. The lowest BCUT2D eigenvalue weighted by Gasteiger charge is -2.51. The van der Waals surface area contributed by atoms with Gasteiger partial charge in [0, 0.05) is 11.3 Å². The lowest BCUT2D eigenvalue weighted by molar-refractivity contribution is 0.0303. The molecule has 31 heavy (non-hydrogen) atoms. The first-order chi connectivity index (χ1) is 14.7. The fourth-order valence-electron chi connectivity index (χ4n) is 8.18. The maximum atomic E-state index is 6.98. The van der Waals surface area contributed by atoms with Gasteiger partial charge in [-0.1, -0.05) is 51.0 Å². The van der Waals surface area contributed by atoms with Crippen molar-refractivity contribution in [1.82, 2.24) is 0 Å². The molecule has 2 saturated carbocycles. The molecule has 0 N–H and O–H groups in total. The molecule has 6 atom stereocenters. The molecule has 0 amide bonds. The van der Waals surface area contributed by atoms with Crippen molar-refractivity contribution in [1.29, 1.82) is 0 Å². The summed E-state index contributed by atoms with van der Waals surface area (Å²) in [5.74, 6) is 3.99. The van der Waals surface area contributed by atoms with E-state index in [2.05, 4.69) is 76.0 Å². The standard InChI is InChI=1S/C28H40O2Si/c1-20-9-14-23-25(24(19-20)30-31(4,5)6)28(21-10-12-22(29-3)13-11-21)18-17-27(23)16-8-7-15-26(27,28)2/h10-13,17-20,23,25H,7-9,14-16H2,1-6H3/t20-,23+,25+,26-,27-,28-/m1/s1. The van der Waals surface area contributed by atoms with Gasteiger partial charge in [0.05, 0.1) is 12.9 Å². The summed E-state index contributed by atoms with van der Waals surface area (Å²) in [6, 6.07) is 9.03. The molecule has 2 fully saturated rings. The van der Waals surface area contributed by atoms with Crippen molar-refractivity contribution in [3.8, 4) is 5.75 Å². The van der Waals surface area contributed by atoms with Gasteiger partial charge in [-0.3, -0.25) is 0 Å². The smallest absolute Gasteiger partial charge is 0.241 e. The summed E-state index contributed by atoms with van der Waals surface area (Å²) in [5, 5.41) is 0. The molecule has 0 aliphatic heterocycles. The van der Waals surface area contributed by atoms with Crippen LogP contribution < -0.4 is 4.74 Å². The summed E-state index contributed by atoms with van der Waals surface area (Å²) in [4.78, 5) is 0. The van der Waals surface area contributed by atoms with E-state index in [1.54, 1.807) is 7.11 Å². The lowest BCUT2D eigenvalue weighted by Crippen LogP contribution is -2.47. The largest absolute Gasteiger partial charge is 0.547 e. The van der Waals surface area contributed by atoms with Crippen LogP contribution in [0.3, 0.4) is 0 Å². The maximum Gasteiger partial charge on any atom is 0.241 e. The maximum absolute atomic E-state index is 6.98. The third kappa shape index (κ3) is 2.81. The predicted molar refractivity (Wildman–Crippen MR) is 131 cm³/mol. The summed E-state index contributed by atoms with van der Waals surface area (Å²) in [7, 11) is 0.0407. The highest BCUT2D eigenvalue weighted by atomic mass is 28.4. The number of ether oxygens (including phenoxy) is 1. The third-order valence-electron chi connectivity index (χ3n) is 9.34. The Balaban J connectivity index is 1.74. The van der Waals surface area contributed by atoms with Crippen molar-refractivity contribution in [2.75, 3.05) is 7.11 Å². The van der Waals surface area contributed by atoms with E-state index in [9.17, 15) is 0 Å². The molecule has 0 radical (unpaired) electrons. The van der Waals surface area contributed by atoms with Crippen LogP contribution in [0.25, 0.3) is 0 Å². The molecule has 1 aromatic carbocycles. The predicted octanol–water partition coefficient (Wildman–Crippen LogP) is 7.48. The van der Waals surface area contributed by atoms with Crippen molar-refractivity contribution < 1.29 is 9.16 Å². The van der Waals surface area contributed by atoms with E-state index in [1.165, 1.54) is 49.8 Å². The summed E-state index contributed by atoms with van der Waals surface area (Å²) >= 11 is 0. The minimum Gasteiger partial charge on any atom is -0.547 e. The molecular weight excluding hydrogens is 396 g/mol. The zero-order chi connectivity index (χ0) is 22.1. The highest BCUT2D eigenvalue weighted by molar-refractivity contribution is 6.70. The highest BCUT2D eigenvalue weighted by Crippen LogP contribution is 2.80. The van der Waals surface area contributed by atoms with Crippen molar-refractivity contribution in [3.05, 3.63) is 53.8 Å². The van der Waals surface area contributed by atoms with Crippen molar-refractivity contribution in [2.24, 2.45) is 28.6 Å². The minimum atomic E-state index is -1.72. The first-order valence-electron chi connectivity index (χ1n) is 12.4. The Bertz CT molecular complexity index is 910. The minimum absolute atomic E-state index is 0.0138. The van der Waals surface area contributed by atoms with Gasteiger partial charge in [0.25, 0.3) is 0 Å². The number of rotatable bonds is 4. The summed E-state index contributed by atoms with van der Waals surface area (Å²) in [5.41, 5.74) is 2.04. The van der Waals surface area contributed by atoms with Crippen molar-refractivity contribution in [3.63, 3.8) is 0 Å². The topological polar surface area (TPSA) is 18.5 Å². The number of fused-ring (bicyclic) bond motifs is 2. The van der Waals surface area contributed by atoms with Gasteiger partial charge in [-0.05, 0) is 91.8 Å². The van der Waals surface area contributed by atoms with E-state index in [4.69, 9.17) is 9.16 Å². The molecule has 0 heterocycles. The van der Waals surface area contributed by atoms with Crippen LogP contribution in [0, 0.1) is 28.6 Å². The van der Waals surface area contributed by atoms with E-state index in [-0.39, 0.29) is 10.8 Å². The van der Waals surface area contributed by atoms with E-state index >= 15 is 0 Å². The average Bonchev–Trinajstić information content (AvgIpc) is 3.02. The van der Waals surface area contributed by atoms with E-state index in [1.807, 2.05) is 0 Å². The summed E-state index contributed by atoms with van der Waals surface area (Å²) in [6.45, 7) is 12.0. The highest BCUT2D eigenvalue weighted by Gasteiger charge is 2.76. The molecule has 5 rings (SSSR count). The van der Waals surface area contributed by atoms with Crippen LogP contribution in [0.4, 0.5) is 0 Å². The van der Waals surface area contributed by atoms with E-state index in [0.717, 1.165) is 5.75 Å². The number of benzene rings is 1. The van der Waals surface area contributed by atoms with Gasteiger partial charge in [-0.2, -0.15) is 0 Å².